The predicted octanol–water partition coefficient (Wildman–Crippen LogP) is 0.628. The van der Waals surface area contributed by atoms with E-state index in [-0.39, 0.29) is 42.7 Å². The Morgan fingerprint density at radius 3 is 2.74 bits per heavy atom. The molecule has 0 saturated heterocycles. The third-order valence-electron chi connectivity index (χ3n) is 3.69. The second-order valence-electron chi connectivity index (χ2n) is 5.87. The van der Waals surface area contributed by atoms with Gasteiger partial charge in [-0.3, -0.25) is 9.59 Å². The maximum absolute atomic E-state index is 11.9. The second-order valence-corrected chi connectivity index (χ2v) is 5.87. The summed E-state index contributed by atoms with van der Waals surface area (Å²) >= 11 is 0. The number of nitrogens with one attached hydrogen (secondary N) is 2. The quantitative estimate of drug-likeness (QED) is 0.732. The van der Waals surface area contributed by atoms with Crippen LogP contribution in [0.5, 0.6) is 5.75 Å². The smallest absolute Gasteiger partial charge is 0.239 e. The van der Waals surface area contributed by atoms with Crippen LogP contribution in [0.1, 0.15) is 19.4 Å². The largest absolute Gasteiger partial charge is 0.491 e. The monoisotopic (exact) mass is 341 g/mol. The van der Waals surface area contributed by atoms with Crippen molar-refractivity contribution in [2.24, 2.45) is 11.7 Å². The van der Waals surface area contributed by atoms with E-state index in [2.05, 4.69) is 10.6 Å². The number of benzene rings is 1. The molecular weight excluding hydrogens is 318 g/mol. The Kier molecular flexibility index (Phi) is 7.32. The summed E-state index contributed by atoms with van der Waals surface area (Å²) in [6, 6.07) is 7.08. The van der Waals surface area contributed by atoms with Gasteiger partial charge in [-0.05, 0) is 24.0 Å². The number of fused-ring (bicyclic) bond motifs is 1. The lowest BCUT2D eigenvalue weighted by Crippen LogP contribution is -2.50. The molecule has 0 aliphatic carbocycles. The summed E-state index contributed by atoms with van der Waals surface area (Å²) in [5.41, 5.74) is 6.79. The fraction of sp³-hybridized carbons (Fsp3) is 0.500. The first-order chi connectivity index (χ1) is 10.5. The molecule has 4 N–H and O–H groups in total. The third-order valence-corrected chi connectivity index (χ3v) is 3.69. The van der Waals surface area contributed by atoms with Crippen molar-refractivity contribution in [3.8, 4) is 5.75 Å². The molecule has 6 nitrogen and oxygen atoms in total. The first-order valence-corrected chi connectivity index (χ1v) is 7.50. The van der Waals surface area contributed by atoms with Crippen LogP contribution in [0.2, 0.25) is 0 Å². The molecular formula is C16H24ClN3O3. The molecule has 1 aliphatic rings. The molecule has 0 spiro atoms. The van der Waals surface area contributed by atoms with E-state index < -0.39 is 6.04 Å². The Bertz CT molecular complexity index is 551. The lowest BCUT2D eigenvalue weighted by atomic mass is 10.0. The minimum absolute atomic E-state index is 0. The summed E-state index contributed by atoms with van der Waals surface area (Å²) in [4.78, 5) is 23.6. The number of halogens is 1. The van der Waals surface area contributed by atoms with Gasteiger partial charge in [0.05, 0.1) is 18.6 Å². The van der Waals surface area contributed by atoms with Gasteiger partial charge in [-0.15, -0.1) is 12.4 Å². The standard InChI is InChI=1S/C16H23N3O3.ClH/c1-10(2)15(17)16(21)18-8-14(20)19-12-7-11-5-3-4-6-13(11)22-9-12;/h3-6,10,12,15H,7-9,17H2,1-2H3,(H,18,21)(H,19,20);1H/t12?,15-;/m0./s1. The molecule has 1 unspecified atom stereocenters. The highest BCUT2D eigenvalue weighted by Gasteiger charge is 2.22. The minimum Gasteiger partial charge on any atom is -0.491 e. The summed E-state index contributed by atoms with van der Waals surface area (Å²) in [6.45, 7) is 4.09. The lowest BCUT2D eigenvalue weighted by Gasteiger charge is -2.26. The maximum atomic E-state index is 11.9. The highest BCUT2D eigenvalue weighted by atomic mass is 35.5. The first kappa shape index (κ1) is 19.3. The van der Waals surface area contributed by atoms with E-state index in [0.29, 0.717) is 6.61 Å². The molecule has 0 bridgehead atoms. The van der Waals surface area contributed by atoms with Gasteiger partial charge in [0, 0.05) is 0 Å². The number of hydrogen-bond acceptors (Lipinski definition) is 4. The highest BCUT2D eigenvalue weighted by molar-refractivity contribution is 5.87. The van der Waals surface area contributed by atoms with E-state index in [1.165, 1.54) is 0 Å². The zero-order valence-electron chi connectivity index (χ0n) is 13.4. The van der Waals surface area contributed by atoms with Gasteiger partial charge in [0.1, 0.15) is 12.4 Å². The van der Waals surface area contributed by atoms with Crippen LogP contribution in [-0.4, -0.2) is 37.0 Å². The van der Waals surface area contributed by atoms with Gasteiger partial charge in [-0.2, -0.15) is 0 Å². The van der Waals surface area contributed by atoms with Gasteiger partial charge in [0.15, 0.2) is 0 Å². The van der Waals surface area contributed by atoms with Crippen molar-refractivity contribution in [2.45, 2.75) is 32.4 Å². The Labute approximate surface area is 142 Å². The Balaban J connectivity index is 0.00000264. The number of nitrogens with two attached hydrogens (primary N) is 1. The van der Waals surface area contributed by atoms with Crippen molar-refractivity contribution >= 4 is 24.2 Å². The topological polar surface area (TPSA) is 93.5 Å². The average molecular weight is 342 g/mol. The van der Waals surface area contributed by atoms with Crippen molar-refractivity contribution in [3.63, 3.8) is 0 Å². The van der Waals surface area contributed by atoms with Crippen LogP contribution in [0.25, 0.3) is 0 Å². The van der Waals surface area contributed by atoms with Crippen LogP contribution in [0.3, 0.4) is 0 Å². The summed E-state index contributed by atoms with van der Waals surface area (Å²) in [7, 11) is 0. The van der Waals surface area contributed by atoms with Crippen molar-refractivity contribution in [1.29, 1.82) is 0 Å². The van der Waals surface area contributed by atoms with Gasteiger partial charge in [-0.1, -0.05) is 32.0 Å². The van der Waals surface area contributed by atoms with Crippen LogP contribution in [0.4, 0.5) is 0 Å². The molecule has 1 aliphatic heterocycles. The van der Waals surface area contributed by atoms with Crippen molar-refractivity contribution in [1.82, 2.24) is 10.6 Å². The highest BCUT2D eigenvalue weighted by Crippen LogP contribution is 2.23. The second kappa shape index (κ2) is 8.74. The van der Waals surface area contributed by atoms with Gasteiger partial charge >= 0.3 is 0 Å². The van der Waals surface area contributed by atoms with Crippen molar-refractivity contribution in [3.05, 3.63) is 29.8 Å². The zero-order chi connectivity index (χ0) is 16.1. The van der Waals surface area contributed by atoms with E-state index in [1.54, 1.807) is 0 Å². The fourth-order valence-electron chi connectivity index (χ4n) is 2.29. The summed E-state index contributed by atoms with van der Waals surface area (Å²) in [5.74, 6) is 0.350. The zero-order valence-corrected chi connectivity index (χ0v) is 14.2. The summed E-state index contributed by atoms with van der Waals surface area (Å²) in [5, 5.41) is 5.42. The van der Waals surface area contributed by atoms with Gasteiger partial charge in [0.25, 0.3) is 0 Å². The van der Waals surface area contributed by atoms with Gasteiger partial charge in [-0.25, -0.2) is 0 Å². The van der Waals surface area contributed by atoms with E-state index in [1.807, 2.05) is 38.1 Å². The summed E-state index contributed by atoms with van der Waals surface area (Å²) in [6.07, 6.45) is 0.724. The van der Waals surface area contributed by atoms with Gasteiger partial charge in [0.2, 0.25) is 11.8 Å². The molecule has 7 heteroatoms. The SMILES string of the molecule is CC(C)[C@H](N)C(=O)NCC(=O)NC1COc2ccccc2C1.Cl. The number of para-hydroxylation sites is 1. The molecule has 2 atom stereocenters. The van der Waals surface area contributed by atoms with Crippen LogP contribution >= 0.6 is 12.4 Å². The van der Waals surface area contributed by atoms with E-state index in [4.69, 9.17) is 10.5 Å². The normalized spacial score (nSPS) is 17.3. The van der Waals surface area contributed by atoms with Crippen LogP contribution in [0.15, 0.2) is 24.3 Å². The third kappa shape index (κ3) is 5.41. The van der Waals surface area contributed by atoms with Crippen LogP contribution in [0, 0.1) is 5.92 Å². The number of rotatable bonds is 5. The molecule has 1 aromatic rings. The molecule has 0 saturated carbocycles. The molecule has 2 amide bonds. The number of ether oxygens (including phenoxy) is 1. The number of amides is 2. The van der Waals surface area contributed by atoms with Crippen molar-refractivity contribution < 1.29 is 14.3 Å². The molecule has 0 aromatic heterocycles. The molecule has 2 rings (SSSR count). The first-order valence-electron chi connectivity index (χ1n) is 7.50. The van der Waals surface area contributed by atoms with E-state index in [0.717, 1.165) is 17.7 Å². The number of hydrogen-bond donors (Lipinski definition) is 3. The summed E-state index contributed by atoms with van der Waals surface area (Å²) < 4.78 is 5.61. The van der Waals surface area contributed by atoms with Crippen molar-refractivity contribution in [2.75, 3.05) is 13.2 Å². The van der Waals surface area contributed by atoms with Crippen LogP contribution < -0.4 is 21.1 Å². The Morgan fingerprint density at radius 1 is 1.35 bits per heavy atom. The molecule has 1 heterocycles. The van der Waals surface area contributed by atoms with E-state index >= 15 is 0 Å². The molecule has 0 radical (unpaired) electrons. The number of carbonyl (C=O) groups is 2. The molecule has 23 heavy (non-hydrogen) atoms. The predicted molar refractivity (Wildman–Crippen MR) is 90.6 cm³/mol. The lowest BCUT2D eigenvalue weighted by molar-refractivity contribution is -0.127. The fourth-order valence-corrected chi connectivity index (χ4v) is 2.29. The average Bonchev–Trinajstić information content (AvgIpc) is 2.51. The van der Waals surface area contributed by atoms with Gasteiger partial charge < -0.3 is 21.1 Å². The molecule has 128 valence electrons. The maximum Gasteiger partial charge on any atom is 0.239 e. The van der Waals surface area contributed by atoms with Crippen LogP contribution in [-0.2, 0) is 16.0 Å². The minimum atomic E-state index is -0.599. The van der Waals surface area contributed by atoms with E-state index in [9.17, 15) is 9.59 Å². The molecule has 1 aromatic carbocycles. The molecule has 0 fully saturated rings. The number of carbonyl (C=O) groups excluding carboxylic acids is 2. The Hall–Kier alpha value is -1.79. The Morgan fingerprint density at radius 2 is 2.04 bits per heavy atom.